The van der Waals surface area contributed by atoms with Crippen LogP contribution in [0.4, 0.5) is 0 Å². The first-order valence-electron chi connectivity index (χ1n) is 16.1. The number of hydrogen-bond acceptors (Lipinski definition) is 1. The Kier molecular flexibility index (Phi) is 5.61. The zero-order chi connectivity index (χ0) is 30.9. The molecule has 47 heavy (non-hydrogen) atoms. The Morgan fingerprint density at radius 1 is 0.383 bits per heavy atom. The standard InChI is InChI=1S/C45H28N2/c1-2-12-30(13-3-1)45-46-41-22-8-9-23-42(41)47(45)32-26-24-29(25-27-32)40-28-31-14-10-19-37-35-17-6-4-15-33(35)34-16-5-7-18-36(34)38-20-11-21-39(40)44(38)43(31)37/h1-28H. The third-order valence-corrected chi connectivity index (χ3v) is 9.76. The van der Waals surface area contributed by atoms with Gasteiger partial charge in [-0.05, 0) is 95.3 Å². The van der Waals surface area contributed by atoms with E-state index >= 15 is 0 Å². The number of aromatic nitrogens is 2. The molecule has 0 radical (unpaired) electrons. The molecule has 0 unspecified atom stereocenters. The van der Waals surface area contributed by atoms with Crippen molar-refractivity contribution in [1.82, 2.24) is 9.55 Å². The monoisotopic (exact) mass is 596 g/mol. The summed E-state index contributed by atoms with van der Waals surface area (Å²) in [5, 5.41) is 12.8. The Morgan fingerprint density at radius 2 is 0.936 bits per heavy atom. The lowest BCUT2D eigenvalue weighted by molar-refractivity contribution is 1.10. The molecular weight excluding hydrogens is 569 g/mol. The first-order valence-corrected chi connectivity index (χ1v) is 16.1. The molecule has 0 aliphatic rings. The van der Waals surface area contributed by atoms with E-state index in [4.69, 9.17) is 4.98 Å². The highest BCUT2D eigenvalue weighted by Gasteiger charge is 2.17. The van der Waals surface area contributed by atoms with Gasteiger partial charge in [-0.25, -0.2) is 4.98 Å². The van der Waals surface area contributed by atoms with Crippen LogP contribution in [0.3, 0.4) is 0 Å². The smallest absolute Gasteiger partial charge is 0.145 e. The molecule has 0 N–H and O–H groups in total. The van der Waals surface area contributed by atoms with Gasteiger partial charge in [0.15, 0.2) is 0 Å². The molecule has 0 atom stereocenters. The number of para-hydroxylation sites is 2. The van der Waals surface area contributed by atoms with Gasteiger partial charge >= 0.3 is 0 Å². The van der Waals surface area contributed by atoms with E-state index < -0.39 is 0 Å². The fraction of sp³-hybridized carbons (Fsp3) is 0. The zero-order valence-electron chi connectivity index (χ0n) is 25.6. The van der Waals surface area contributed by atoms with Crippen molar-refractivity contribution in [2.75, 3.05) is 0 Å². The van der Waals surface area contributed by atoms with E-state index in [1.165, 1.54) is 65.0 Å². The van der Waals surface area contributed by atoms with Crippen LogP contribution >= 0.6 is 0 Å². The van der Waals surface area contributed by atoms with E-state index in [1.54, 1.807) is 0 Å². The first-order chi connectivity index (χ1) is 23.3. The maximum Gasteiger partial charge on any atom is 0.145 e. The van der Waals surface area contributed by atoms with Crippen molar-refractivity contribution in [3.63, 3.8) is 0 Å². The van der Waals surface area contributed by atoms with Crippen LogP contribution in [0, 0.1) is 0 Å². The normalized spacial score (nSPS) is 11.8. The molecule has 0 spiro atoms. The fourth-order valence-corrected chi connectivity index (χ4v) is 7.70. The summed E-state index contributed by atoms with van der Waals surface area (Å²) in [6, 6.07) is 61.5. The number of fused-ring (bicyclic) bond motifs is 6. The minimum Gasteiger partial charge on any atom is -0.292 e. The predicted molar refractivity (Wildman–Crippen MR) is 199 cm³/mol. The summed E-state index contributed by atoms with van der Waals surface area (Å²) in [5.41, 5.74) is 6.71. The Hall–Kier alpha value is -6.25. The highest BCUT2D eigenvalue weighted by molar-refractivity contribution is 6.34. The summed E-state index contributed by atoms with van der Waals surface area (Å²) in [6.07, 6.45) is 0. The minimum absolute atomic E-state index is 0.946. The molecule has 1 heterocycles. The minimum atomic E-state index is 0.946. The molecule has 0 aliphatic heterocycles. The Balaban J connectivity index is 1.26. The molecule has 10 aromatic rings. The molecular formula is C45H28N2. The summed E-state index contributed by atoms with van der Waals surface area (Å²) in [5.74, 6) is 0.946. The van der Waals surface area contributed by atoms with Crippen LogP contribution in [0.5, 0.6) is 0 Å². The van der Waals surface area contributed by atoms with E-state index in [9.17, 15) is 0 Å². The highest BCUT2D eigenvalue weighted by Crippen LogP contribution is 2.43. The molecule has 0 saturated heterocycles. The van der Waals surface area contributed by atoms with E-state index in [0.29, 0.717) is 0 Å². The molecule has 10 rings (SSSR count). The molecule has 0 amide bonds. The lowest BCUT2D eigenvalue weighted by atomic mass is 9.87. The van der Waals surface area contributed by atoms with Crippen LogP contribution in [0.25, 0.3) is 93.1 Å². The van der Waals surface area contributed by atoms with Gasteiger partial charge in [0.25, 0.3) is 0 Å². The molecule has 0 saturated carbocycles. The Morgan fingerprint density at radius 3 is 1.66 bits per heavy atom. The summed E-state index contributed by atoms with van der Waals surface area (Å²) in [6.45, 7) is 0. The van der Waals surface area contributed by atoms with Crippen LogP contribution in [-0.2, 0) is 0 Å². The quantitative estimate of drug-likeness (QED) is 0.186. The summed E-state index contributed by atoms with van der Waals surface area (Å²) in [4.78, 5) is 5.05. The number of hydrogen-bond donors (Lipinski definition) is 0. The van der Waals surface area contributed by atoms with Crippen molar-refractivity contribution < 1.29 is 0 Å². The van der Waals surface area contributed by atoms with Gasteiger partial charge in [-0.1, -0.05) is 140 Å². The van der Waals surface area contributed by atoms with E-state index in [1.807, 2.05) is 6.07 Å². The predicted octanol–water partition coefficient (Wildman–Crippen LogP) is 12.1. The molecule has 1 aromatic heterocycles. The van der Waals surface area contributed by atoms with Crippen molar-refractivity contribution in [2.24, 2.45) is 0 Å². The third kappa shape index (κ3) is 3.89. The van der Waals surface area contributed by atoms with Crippen LogP contribution in [0.15, 0.2) is 170 Å². The number of imidazole rings is 1. The van der Waals surface area contributed by atoms with Crippen molar-refractivity contribution in [2.45, 2.75) is 0 Å². The van der Waals surface area contributed by atoms with Gasteiger partial charge in [-0.3, -0.25) is 4.57 Å². The first kappa shape index (κ1) is 26.0. The lowest BCUT2D eigenvalue weighted by Gasteiger charge is -2.17. The van der Waals surface area contributed by atoms with Crippen LogP contribution in [-0.4, -0.2) is 9.55 Å². The van der Waals surface area contributed by atoms with Gasteiger partial charge in [0.05, 0.1) is 11.0 Å². The van der Waals surface area contributed by atoms with Gasteiger partial charge < -0.3 is 0 Å². The van der Waals surface area contributed by atoms with Crippen LogP contribution in [0.2, 0.25) is 0 Å². The van der Waals surface area contributed by atoms with Gasteiger partial charge in [0, 0.05) is 11.3 Å². The third-order valence-electron chi connectivity index (χ3n) is 9.76. The summed E-state index contributed by atoms with van der Waals surface area (Å²) >= 11 is 0. The van der Waals surface area contributed by atoms with Crippen molar-refractivity contribution >= 4 is 64.9 Å². The average Bonchev–Trinajstić information content (AvgIpc) is 3.54. The number of benzene rings is 8. The largest absolute Gasteiger partial charge is 0.292 e. The van der Waals surface area contributed by atoms with Gasteiger partial charge in [-0.2, -0.15) is 0 Å². The van der Waals surface area contributed by atoms with Gasteiger partial charge in [0.2, 0.25) is 0 Å². The molecule has 2 nitrogen and oxygen atoms in total. The second-order valence-corrected chi connectivity index (χ2v) is 12.3. The van der Waals surface area contributed by atoms with E-state index in [2.05, 4.69) is 168 Å². The van der Waals surface area contributed by atoms with E-state index in [0.717, 1.165) is 28.1 Å². The lowest BCUT2D eigenvalue weighted by Crippen LogP contribution is -1.97. The topological polar surface area (TPSA) is 17.8 Å². The maximum absolute atomic E-state index is 5.05. The molecule has 218 valence electrons. The second kappa shape index (κ2) is 10.1. The molecule has 0 fully saturated rings. The maximum atomic E-state index is 5.05. The number of rotatable bonds is 3. The van der Waals surface area contributed by atoms with Crippen LogP contribution < -0.4 is 0 Å². The summed E-state index contributed by atoms with van der Waals surface area (Å²) in [7, 11) is 0. The fourth-order valence-electron chi connectivity index (χ4n) is 7.70. The van der Waals surface area contributed by atoms with Crippen molar-refractivity contribution in [3.05, 3.63) is 170 Å². The van der Waals surface area contributed by atoms with Crippen molar-refractivity contribution in [1.29, 1.82) is 0 Å². The van der Waals surface area contributed by atoms with E-state index in [-0.39, 0.29) is 0 Å². The van der Waals surface area contributed by atoms with Crippen molar-refractivity contribution in [3.8, 4) is 28.2 Å². The molecule has 0 aliphatic carbocycles. The van der Waals surface area contributed by atoms with Crippen LogP contribution in [0.1, 0.15) is 0 Å². The molecule has 9 aromatic carbocycles. The average molecular weight is 597 g/mol. The Bertz CT molecular complexity index is 2830. The summed E-state index contributed by atoms with van der Waals surface area (Å²) < 4.78 is 2.28. The van der Waals surface area contributed by atoms with Gasteiger partial charge in [0.1, 0.15) is 5.82 Å². The Labute approximate surface area is 271 Å². The molecule has 2 heteroatoms. The highest BCUT2D eigenvalue weighted by atomic mass is 15.1. The zero-order valence-corrected chi connectivity index (χ0v) is 25.6. The number of nitrogens with zero attached hydrogens (tertiary/aromatic N) is 2. The van der Waals surface area contributed by atoms with Gasteiger partial charge in [-0.15, -0.1) is 0 Å². The second-order valence-electron chi connectivity index (χ2n) is 12.3. The SMILES string of the molecule is c1ccc(-c2nc3ccccc3n2-c2ccc(-c3cc4cccc5c6ccccc6c6ccccc6c6cccc3c6c45)cc2)cc1. The molecule has 0 bridgehead atoms.